The van der Waals surface area contributed by atoms with Gasteiger partial charge in [-0.2, -0.15) is 0 Å². The summed E-state index contributed by atoms with van der Waals surface area (Å²) in [5, 5.41) is 5.57. The van der Waals surface area contributed by atoms with E-state index >= 15 is 0 Å². The Morgan fingerprint density at radius 2 is 2.27 bits per heavy atom. The lowest BCUT2D eigenvalue weighted by Gasteiger charge is -2.17. The largest absolute Gasteiger partial charge is 0.346 e. The van der Waals surface area contributed by atoms with Gasteiger partial charge in [0.25, 0.3) is 0 Å². The minimum Gasteiger partial charge on any atom is -0.346 e. The second-order valence-corrected chi connectivity index (χ2v) is 6.35. The quantitative estimate of drug-likeness (QED) is 0.779. The molecule has 4 rings (SSSR count). The van der Waals surface area contributed by atoms with Crippen LogP contribution in [0.4, 0.5) is 0 Å². The predicted octanol–water partition coefficient (Wildman–Crippen LogP) is 3.21. The third kappa shape index (κ3) is 2.32. The van der Waals surface area contributed by atoms with Gasteiger partial charge in [-0.15, -0.1) is 0 Å². The monoisotopic (exact) mass is 314 g/mol. The molecular weight excluding hydrogens is 296 g/mol. The normalized spacial score (nSPS) is 14.5. The molecule has 0 radical (unpaired) electrons. The first-order valence-electron chi connectivity index (χ1n) is 7.73. The number of hydrogen-bond acceptors (Lipinski definition) is 2. The summed E-state index contributed by atoms with van der Waals surface area (Å²) in [6, 6.07) is 6.23. The number of nitrogens with one attached hydrogen (secondary N) is 2. The molecule has 0 amide bonds. The fourth-order valence-electron chi connectivity index (χ4n) is 3.44. The van der Waals surface area contributed by atoms with E-state index in [2.05, 4.69) is 32.0 Å². The van der Waals surface area contributed by atoms with E-state index in [1.165, 1.54) is 27.9 Å². The molecule has 4 nitrogen and oxygen atoms in total. The van der Waals surface area contributed by atoms with Crippen LogP contribution in [-0.2, 0) is 25.9 Å². The third-order valence-electron chi connectivity index (χ3n) is 4.45. The van der Waals surface area contributed by atoms with Gasteiger partial charge in [-0.1, -0.05) is 11.6 Å². The molecular formula is C17H19ClN4. The van der Waals surface area contributed by atoms with Crippen molar-refractivity contribution in [3.63, 3.8) is 0 Å². The van der Waals surface area contributed by atoms with Crippen molar-refractivity contribution in [2.45, 2.75) is 32.9 Å². The topological polar surface area (TPSA) is 45.6 Å². The molecule has 3 aromatic rings. The molecule has 1 aromatic carbocycles. The minimum atomic E-state index is 0.808. The maximum absolute atomic E-state index is 6.20. The summed E-state index contributed by atoms with van der Waals surface area (Å²) < 4.78 is 2.46. The third-order valence-corrected chi connectivity index (χ3v) is 4.68. The number of aryl methyl sites for hydroxylation is 3. The van der Waals surface area contributed by atoms with Crippen LogP contribution in [-0.4, -0.2) is 21.1 Å². The molecule has 1 aliphatic rings. The van der Waals surface area contributed by atoms with Crippen LogP contribution in [0.1, 0.15) is 22.8 Å². The summed E-state index contributed by atoms with van der Waals surface area (Å²) in [7, 11) is 0. The molecule has 0 atom stereocenters. The van der Waals surface area contributed by atoms with Gasteiger partial charge in [0, 0.05) is 66.0 Å². The van der Waals surface area contributed by atoms with E-state index in [9.17, 15) is 0 Å². The maximum Gasteiger partial charge on any atom is 0.103 e. The van der Waals surface area contributed by atoms with E-state index in [0.29, 0.717) is 0 Å². The zero-order chi connectivity index (χ0) is 15.1. The number of hydrogen-bond donors (Lipinski definition) is 2. The average molecular weight is 315 g/mol. The SMILES string of the molecule is Cc1ncc(CCn2c3c(c4cc(Cl)ccc42)CNCC3)[nH]1. The van der Waals surface area contributed by atoms with Gasteiger partial charge in [-0.25, -0.2) is 4.98 Å². The molecule has 114 valence electrons. The molecule has 1 aliphatic heterocycles. The molecule has 0 saturated heterocycles. The number of aromatic amines is 1. The Morgan fingerprint density at radius 3 is 3.09 bits per heavy atom. The predicted molar refractivity (Wildman–Crippen MR) is 89.4 cm³/mol. The van der Waals surface area contributed by atoms with Gasteiger partial charge in [0.05, 0.1) is 0 Å². The highest BCUT2D eigenvalue weighted by molar-refractivity contribution is 6.31. The van der Waals surface area contributed by atoms with Crippen LogP contribution in [0.2, 0.25) is 5.02 Å². The summed E-state index contributed by atoms with van der Waals surface area (Å²) in [5.41, 5.74) is 5.34. The van der Waals surface area contributed by atoms with Gasteiger partial charge in [-0.3, -0.25) is 0 Å². The van der Waals surface area contributed by atoms with Crippen LogP contribution >= 0.6 is 11.6 Å². The van der Waals surface area contributed by atoms with Gasteiger partial charge in [0.1, 0.15) is 5.82 Å². The number of halogens is 1. The van der Waals surface area contributed by atoms with Crippen molar-refractivity contribution < 1.29 is 0 Å². The van der Waals surface area contributed by atoms with E-state index < -0.39 is 0 Å². The van der Waals surface area contributed by atoms with Gasteiger partial charge in [-0.05, 0) is 30.7 Å². The molecule has 0 bridgehead atoms. The van der Waals surface area contributed by atoms with Crippen LogP contribution < -0.4 is 5.32 Å². The molecule has 0 saturated carbocycles. The Kier molecular flexibility index (Phi) is 3.43. The first-order valence-corrected chi connectivity index (χ1v) is 8.11. The van der Waals surface area contributed by atoms with Gasteiger partial charge in [0.15, 0.2) is 0 Å². The standard InChI is InChI=1S/C17H19ClN4/c1-11-20-9-13(21-11)5-7-22-16-3-2-12(18)8-14(16)15-10-19-6-4-17(15)22/h2-3,8-9,19H,4-7,10H2,1H3,(H,20,21). The van der Waals surface area contributed by atoms with Crippen LogP contribution in [0.3, 0.4) is 0 Å². The van der Waals surface area contributed by atoms with Crippen LogP contribution in [0, 0.1) is 6.92 Å². The van der Waals surface area contributed by atoms with Gasteiger partial charge >= 0.3 is 0 Å². The first-order chi connectivity index (χ1) is 10.7. The Labute approximate surface area is 134 Å². The molecule has 0 spiro atoms. The lowest BCUT2D eigenvalue weighted by atomic mass is 10.1. The summed E-state index contributed by atoms with van der Waals surface area (Å²) in [5.74, 6) is 0.977. The van der Waals surface area contributed by atoms with Crippen LogP contribution in [0.5, 0.6) is 0 Å². The number of fused-ring (bicyclic) bond motifs is 3. The van der Waals surface area contributed by atoms with Crippen molar-refractivity contribution in [2.75, 3.05) is 6.54 Å². The number of aromatic nitrogens is 3. The maximum atomic E-state index is 6.20. The molecule has 0 fully saturated rings. The molecule has 2 aromatic heterocycles. The Morgan fingerprint density at radius 1 is 1.36 bits per heavy atom. The number of nitrogens with zero attached hydrogens (tertiary/aromatic N) is 2. The summed E-state index contributed by atoms with van der Waals surface area (Å²) >= 11 is 6.20. The fraction of sp³-hybridized carbons (Fsp3) is 0.353. The molecule has 2 N–H and O–H groups in total. The van der Waals surface area contributed by atoms with E-state index in [-0.39, 0.29) is 0 Å². The van der Waals surface area contributed by atoms with Gasteiger partial charge < -0.3 is 14.9 Å². The number of rotatable bonds is 3. The fourth-order valence-corrected chi connectivity index (χ4v) is 3.61. The van der Waals surface area contributed by atoms with Crippen LogP contribution in [0.25, 0.3) is 10.9 Å². The number of imidazole rings is 1. The zero-order valence-electron chi connectivity index (χ0n) is 12.6. The number of benzene rings is 1. The molecule has 0 unspecified atom stereocenters. The lowest BCUT2D eigenvalue weighted by Crippen LogP contribution is -2.24. The Bertz CT molecular complexity index is 831. The van der Waals surface area contributed by atoms with Crippen LogP contribution in [0.15, 0.2) is 24.4 Å². The average Bonchev–Trinajstić information content (AvgIpc) is 3.07. The van der Waals surface area contributed by atoms with Crippen molar-refractivity contribution in [3.05, 3.63) is 52.2 Å². The highest BCUT2D eigenvalue weighted by Crippen LogP contribution is 2.31. The van der Waals surface area contributed by atoms with E-state index in [1.54, 1.807) is 0 Å². The number of H-pyrrole nitrogens is 1. The zero-order valence-corrected chi connectivity index (χ0v) is 13.4. The highest BCUT2D eigenvalue weighted by atomic mass is 35.5. The van der Waals surface area contributed by atoms with Gasteiger partial charge in [0.2, 0.25) is 0 Å². The summed E-state index contributed by atoms with van der Waals surface area (Å²) in [4.78, 5) is 7.60. The minimum absolute atomic E-state index is 0.808. The second-order valence-electron chi connectivity index (χ2n) is 5.91. The molecule has 3 heterocycles. The smallest absolute Gasteiger partial charge is 0.103 e. The second kappa shape index (κ2) is 5.45. The van der Waals surface area contributed by atoms with Crippen molar-refractivity contribution in [1.29, 1.82) is 0 Å². The lowest BCUT2D eigenvalue weighted by molar-refractivity contribution is 0.593. The van der Waals surface area contributed by atoms with E-state index in [1.807, 2.05) is 19.2 Å². The molecule has 5 heteroatoms. The molecule has 0 aliphatic carbocycles. The van der Waals surface area contributed by atoms with Crippen molar-refractivity contribution in [3.8, 4) is 0 Å². The molecule has 22 heavy (non-hydrogen) atoms. The van der Waals surface area contributed by atoms with E-state index in [0.717, 1.165) is 43.3 Å². The summed E-state index contributed by atoms with van der Waals surface area (Å²) in [6.07, 6.45) is 3.97. The Balaban J connectivity index is 1.75. The van der Waals surface area contributed by atoms with Crippen molar-refractivity contribution in [2.24, 2.45) is 0 Å². The van der Waals surface area contributed by atoms with Crippen molar-refractivity contribution >= 4 is 22.5 Å². The Hall–Kier alpha value is -1.78. The first kappa shape index (κ1) is 13.9. The van der Waals surface area contributed by atoms with Crippen molar-refractivity contribution in [1.82, 2.24) is 19.9 Å². The van der Waals surface area contributed by atoms with E-state index in [4.69, 9.17) is 11.6 Å². The summed E-state index contributed by atoms with van der Waals surface area (Å²) in [6.45, 7) is 4.93. The highest BCUT2D eigenvalue weighted by Gasteiger charge is 2.19.